The van der Waals surface area contributed by atoms with Gasteiger partial charge in [-0.15, -0.1) is 0 Å². The van der Waals surface area contributed by atoms with Gasteiger partial charge in [0.15, 0.2) is 0 Å². The Labute approximate surface area is 162 Å². The summed E-state index contributed by atoms with van der Waals surface area (Å²) in [7, 11) is -3.70. The van der Waals surface area contributed by atoms with E-state index >= 15 is 0 Å². The number of amides is 1. The van der Waals surface area contributed by atoms with E-state index in [1.165, 1.54) is 12.4 Å². The molecule has 1 amide bonds. The van der Waals surface area contributed by atoms with Gasteiger partial charge in [0.25, 0.3) is 0 Å². The molecule has 0 aliphatic carbocycles. The van der Waals surface area contributed by atoms with Gasteiger partial charge in [-0.3, -0.25) is 4.79 Å². The Morgan fingerprint density at radius 2 is 1.93 bits per heavy atom. The summed E-state index contributed by atoms with van der Waals surface area (Å²) in [6.07, 6.45) is 3.94. The summed E-state index contributed by atoms with van der Waals surface area (Å²) in [4.78, 5) is 15.6. The first-order chi connectivity index (χ1) is 13.4. The van der Waals surface area contributed by atoms with Gasteiger partial charge < -0.3 is 5.32 Å². The number of hydrogen-bond acceptors (Lipinski definition) is 5. The molecule has 0 saturated carbocycles. The van der Waals surface area contributed by atoms with Crippen LogP contribution in [0, 0.1) is 0 Å². The number of nitrogens with zero attached hydrogens (tertiary/aromatic N) is 3. The van der Waals surface area contributed by atoms with Crippen LogP contribution in [0.1, 0.15) is 30.5 Å². The average molecular weight is 397 g/mol. The van der Waals surface area contributed by atoms with Gasteiger partial charge in [-0.25, -0.2) is 22.8 Å². The van der Waals surface area contributed by atoms with Crippen LogP contribution in [0.25, 0.3) is 5.69 Å². The normalized spacial score (nSPS) is 15.0. The van der Waals surface area contributed by atoms with Gasteiger partial charge in [0.05, 0.1) is 10.6 Å². The van der Waals surface area contributed by atoms with Crippen LogP contribution in [-0.2, 0) is 21.2 Å². The van der Waals surface area contributed by atoms with E-state index in [1.54, 1.807) is 30.1 Å². The number of carbonyl (C=O) groups is 1. The molecular weight excluding hydrogens is 378 g/mol. The molecule has 0 unspecified atom stereocenters. The number of hydrogen-bond donors (Lipinski definition) is 2. The standard InChI is InChI=1S/C19H19N5O3S/c1-13(14-2-5-16(6-3-14)24-12-20-11-21-24)23-28(26,27)17-7-8-18-15(10-17)4-9-19(25)22-18/h2-3,5-8,10-13,23H,4,9H2,1H3,(H,22,25)/t13-/m1/s1. The van der Waals surface area contributed by atoms with Crippen molar-refractivity contribution in [2.24, 2.45) is 0 Å². The second-order valence-corrected chi connectivity index (χ2v) is 8.36. The Morgan fingerprint density at radius 3 is 2.64 bits per heavy atom. The molecule has 4 rings (SSSR count). The lowest BCUT2D eigenvalue weighted by Gasteiger charge is -2.19. The molecule has 1 aliphatic heterocycles. The fraction of sp³-hybridized carbons (Fsp3) is 0.211. The molecule has 2 N–H and O–H groups in total. The number of nitrogens with one attached hydrogen (secondary N) is 2. The van der Waals surface area contributed by atoms with E-state index in [-0.39, 0.29) is 10.8 Å². The van der Waals surface area contributed by atoms with Gasteiger partial charge in [-0.05, 0) is 54.8 Å². The van der Waals surface area contributed by atoms with E-state index in [9.17, 15) is 13.2 Å². The van der Waals surface area contributed by atoms with E-state index in [2.05, 4.69) is 20.1 Å². The maximum absolute atomic E-state index is 12.8. The Balaban J connectivity index is 1.52. The largest absolute Gasteiger partial charge is 0.326 e. The van der Waals surface area contributed by atoms with Gasteiger partial charge >= 0.3 is 0 Å². The molecule has 3 aromatic rings. The third-order valence-corrected chi connectivity index (χ3v) is 6.23. The highest BCUT2D eigenvalue weighted by Crippen LogP contribution is 2.26. The van der Waals surface area contributed by atoms with Crippen molar-refractivity contribution in [1.29, 1.82) is 0 Å². The third kappa shape index (κ3) is 3.67. The molecular formula is C19H19N5O3S. The van der Waals surface area contributed by atoms with Crippen LogP contribution in [0.2, 0.25) is 0 Å². The molecule has 0 saturated heterocycles. The smallest absolute Gasteiger partial charge is 0.241 e. The highest BCUT2D eigenvalue weighted by atomic mass is 32.2. The van der Waals surface area contributed by atoms with Crippen LogP contribution in [-0.4, -0.2) is 29.1 Å². The number of fused-ring (bicyclic) bond motifs is 1. The second kappa shape index (κ2) is 7.17. The van der Waals surface area contributed by atoms with Gasteiger partial charge in [0.1, 0.15) is 12.7 Å². The van der Waals surface area contributed by atoms with E-state index < -0.39 is 16.1 Å². The number of rotatable bonds is 5. The van der Waals surface area contributed by atoms with E-state index in [0.717, 1.165) is 16.8 Å². The Morgan fingerprint density at radius 1 is 1.14 bits per heavy atom. The maximum Gasteiger partial charge on any atom is 0.241 e. The summed E-state index contributed by atoms with van der Waals surface area (Å²) in [5.41, 5.74) is 3.17. The first-order valence-corrected chi connectivity index (χ1v) is 10.3. The van der Waals surface area contributed by atoms with Crippen molar-refractivity contribution in [3.63, 3.8) is 0 Å². The van der Waals surface area contributed by atoms with Crippen molar-refractivity contribution in [2.75, 3.05) is 5.32 Å². The van der Waals surface area contributed by atoms with Crippen LogP contribution >= 0.6 is 0 Å². The van der Waals surface area contributed by atoms with Crippen molar-refractivity contribution >= 4 is 21.6 Å². The third-order valence-electron chi connectivity index (χ3n) is 4.69. The lowest BCUT2D eigenvalue weighted by Crippen LogP contribution is -2.27. The summed E-state index contributed by atoms with van der Waals surface area (Å²) in [6, 6.07) is 11.8. The fourth-order valence-corrected chi connectivity index (χ4v) is 4.44. The minimum atomic E-state index is -3.70. The molecule has 2 heterocycles. The fourth-order valence-electron chi connectivity index (χ4n) is 3.15. The number of aryl methyl sites for hydroxylation is 1. The lowest BCUT2D eigenvalue weighted by atomic mass is 10.0. The average Bonchev–Trinajstić information content (AvgIpc) is 3.22. The Hall–Kier alpha value is -3.04. The van der Waals surface area contributed by atoms with E-state index in [4.69, 9.17) is 0 Å². The molecule has 0 fully saturated rings. The monoisotopic (exact) mass is 397 g/mol. The number of anilines is 1. The number of carbonyl (C=O) groups excluding carboxylic acids is 1. The summed E-state index contributed by atoms with van der Waals surface area (Å²) >= 11 is 0. The highest BCUT2D eigenvalue weighted by Gasteiger charge is 2.22. The minimum absolute atomic E-state index is 0.0517. The first kappa shape index (κ1) is 18.3. The van der Waals surface area contributed by atoms with Gasteiger partial charge in [-0.1, -0.05) is 12.1 Å². The Kier molecular flexibility index (Phi) is 4.70. The molecule has 1 aromatic heterocycles. The molecule has 1 atom stereocenters. The zero-order valence-corrected chi connectivity index (χ0v) is 16.0. The summed E-state index contributed by atoms with van der Waals surface area (Å²) in [5.74, 6) is -0.0517. The molecule has 2 aromatic carbocycles. The number of aromatic nitrogens is 3. The van der Waals surface area contributed by atoms with Crippen LogP contribution < -0.4 is 10.0 Å². The highest BCUT2D eigenvalue weighted by molar-refractivity contribution is 7.89. The zero-order valence-electron chi connectivity index (χ0n) is 15.2. The molecule has 9 heteroatoms. The number of sulfonamides is 1. The van der Waals surface area contributed by atoms with Crippen molar-refractivity contribution in [1.82, 2.24) is 19.5 Å². The molecule has 0 radical (unpaired) electrons. The summed E-state index contributed by atoms with van der Waals surface area (Å²) < 4.78 is 29.9. The predicted molar refractivity (Wildman–Crippen MR) is 103 cm³/mol. The van der Waals surface area contributed by atoms with Crippen LogP contribution in [0.4, 0.5) is 5.69 Å². The SMILES string of the molecule is C[C@@H](NS(=O)(=O)c1ccc2c(c1)CCC(=O)N2)c1ccc(-n2cncn2)cc1. The van der Waals surface area contributed by atoms with Crippen molar-refractivity contribution < 1.29 is 13.2 Å². The van der Waals surface area contributed by atoms with E-state index in [0.29, 0.717) is 18.5 Å². The van der Waals surface area contributed by atoms with Gasteiger partial charge in [0, 0.05) is 18.2 Å². The number of benzene rings is 2. The molecule has 144 valence electrons. The minimum Gasteiger partial charge on any atom is -0.326 e. The Bertz CT molecular complexity index is 1110. The molecule has 28 heavy (non-hydrogen) atoms. The maximum atomic E-state index is 12.8. The summed E-state index contributed by atoms with van der Waals surface area (Å²) in [6.45, 7) is 1.79. The van der Waals surface area contributed by atoms with Crippen molar-refractivity contribution in [2.45, 2.75) is 30.7 Å². The molecule has 0 bridgehead atoms. The lowest BCUT2D eigenvalue weighted by molar-refractivity contribution is -0.116. The second-order valence-electron chi connectivity index (χ2n) is 6.64. The topological polar surface area (TPSA) is 106 Å². The summed E-state index contributed by atoms with van der Waals surface area (Å²) in [5, 5.41) is 6.82. The molecule has 1 aliphatic rings. The molecule has 8 nitrogen and oxygen atoms in total. The quantitative estimate of drug-likeness (QED) is 0.686. The van der Waals surface area contributed by atoms with Gasteiger partial charge in [-0.2, -0.15) is 5.10 Å². The van der Waals surface area contributed by atoms with Crippen LogP contribution in [0.5, 0.6) is 0 Å². The predicted octanol–water partition coefficient (Wildman–Crippen LogP) is 2.19. The molecule has 0 spiro atoms. The van der Waals surface area contributed by atoms with Gasteiger partial charge in [0.2, 0.25) is 15.9 Å². The van der Waals surface area contributed by atoms with Crippen molar-refractivity contribution in [3.05, 3.63) is 66.2 Å². The first-order valence-electron chi connectivity index (χ1n) is 8.82. The zero-order chi connectivity index (χ0) is 19.7. The van der Waals surface area contributed by atoms with Crippen molar-refractivity contribution in [3.8, 4) is 5.69 Å². The van der Waals surface area contributed by atoms with Crippen LogP contribution in [0.3, 0.4) is 0 Å². The van der Waals surface area contributed by atoms with E-state index in [1.807, 2.05) is 24.3 Å². The van der Waals surface area contributed by atoms with Crippen LogP contribution in [0.15, 0.2) is 60.0 Å².